The highest BCUT2D eigenvalue weighted by Crippen LogP contribution is 2.26. The Morgan fingerprint density at radius 2 is 2.07 bits per heavy atom. The van der Waals surface area contributed by atoms with E-state index in [1.54, 1.807) is 4.90 Å². The maximum absolute atomic E-state index is 12.6. The van der Waals surface area contributed by atoms with Crippen molar-refractivity contribution in [3.63, 3.8) is 0 Å². The highest BCUT2D eigenvalue weighted by molar-refractivity contribution is 6.28. The number of nitrogens with one attached hydrogen (secondary N) is 1. The van der Waals surface area contributed by atoms with E-state index in [4.69, 9.17) is 11.6 Å². The zero-order chi connectivity index (χ0) is 20.4. The maximum Gasteiger partial charge on any atom is 0.237 e. The molecule has 2 saturated heterocycles. The maximum atomic E-state index is 12.6. The molecule has 0 radical (unpaired) electrons. The molecule has 2 aliphatic heterocycles. The van der Waals surface area contributed by atoms with Gasteiger partial charge >= 0.3 is 0 Å². The average molecular weight is 413 g/mol. The number of anilines is 1. The molecule has 1 N–H and O–H groups in total. The molecule has 7 nitrogen and oxygen atoms in total. The number of carbonyl (C=O) groups excluding carboxylic acids is 1. The lowest BCUT2D eigenvalue weighted by molar-refractivity contribution is -0.132. The minimum atomic E-state index is -0.249. The molecular weight excluding hydrogens is 388 g/mol. The number of nitriles is 1. The van der Waals surface area contributed by atoms with Crippen LogP contribution in [0, 0.1) is 18.3 Å². The van der Waals surface area contributed by atoms with E-state index in [9.17, 15) is 10.1 Å². The first kappa shape index (κ1) is 19.9. The fourth-order valence-electron chi connectivity index (χ4n) is 4.29. The van der Waals surface area contributed by atoms with Gasteiger partial charge in [0.2, 0.25) is 11.2 Å². The van der Waals surface area contributed by atoms with Crippen molar-refractivity contribution in [3.8, 4) is 6.07 Å². The number of aryl methyl sites for hydroxylation is 1. The number of nitrogens with zero attached hydrogens (tertiary/aromatic N) is 5. The van der Waals surface area contributed by atoms with Crippen LogP contribution in [-0.4, -0.2) is 63.9 Å². The molecule has 2 aromatic rings. The molecule has 152 valence electrons. The van der Waals surface area contributed by atoms with E-state index in [1.165, 1.54) is 0 Å². The zero-order valence-electron chi connectivity index (χ0n) is 16.6. The molecule has 1 aromatic carbocycles. The van der Waals surface area contributed by atoms with Crippen molar-refractivity contribution in [3.05, 3.63) is 29.0 Å². The number of likely N-dealkylation sites (tertiary alicyclic amines) is 2. The van der Waals surface area contributed by atoms with Crippen LogP contribution >= 0.6 is 11.6 Å². The second-order valence-electron chi connectivity index (χ2n) is 7.88. The van der Waals surface area contributed by atoms with Gasteiger partial charge in [0, 0.05) is 31.1 Å². The Balaban J connectivity index is 1.36. The van der Waals surface area contributed by atoms with Gasteiger partial charge in [-0.25, -0.2) is 9.97 Å². The summed E-state index contributed by atoms with van der Waals surface area (Å²) in [5.74, 6) is 0.844. The molecule has 1 amide bonds. The number of aromatic nitrogens is 2. The Bertz CT molecular complexity index is 950. The summed E-state index contributed by atoms with van der Waals surface area (Å²) < 4.78 is 0. The monoisotopic (exact) mass is 412 g/mol. The number of carbonyl (C=O) groups is 1. The van der Waals surface area contributed by atoms with Gasteiger partial charge in [-0.3, -0.25) is 9.69 Å². The van der Waals surface area contributed by atoms with Crippen molar-refractivity contribution < 1.29 is 4.79 Å². The molecule has 4 rings (SSSR count). The Morgan fingerprint density at radius 3 is 2.83 bits per heavy atom. The average Bonchev–Trinajstić information content (AvgIpc) is 3.19. The minimum absolute atomic E-state index is 0.0736. The van der Waals surface area contributed by atoms with Crippen LogP contribution in [-0.2, 0) is 4.79 Å². The van der Waals surface area contributed by atoms with Crippen molar-refractivity contribution in [1.82, 2.24) is 19.8 Å². The lowest BCUT2D eigenvalue weighted by atomic mass is 10.0. The smallest absolute Gasteiger partial charge is 0.237 e. The van der Waals surface area contributed by atoms with Gasteiger partial charge in [-0.2, -0.15) is 5.26 Å². The normalized spacial score (nSPS) is 20.7. The molecular formula is C21H25ClN6O. The van der Waals surface area contributed by atoms with Crippen LogP contribution in [0.3, 0.4) is 0 Å². The first-order valence-corrected chi connectivity index (χ1v) is 10.5. The topological polar surface area (TPSA) is 85.2 Å². The van der Waals surface area contributed by atoms with Gasteiger partial charge in [0.25, 0.3) is 0 Å². The third-order valence-corrected chi connectivity index (χ3v) is 6.08. The van der Waals surface area contributed by atoms with Crippen molar-refractivity contribution in [2.75, 3.05) is 31.5 Å². The summed E-state index contributed by atoms with van der Waals surface area (Å²) >= 11 is 6.14. The van der Waals surface area contributed by atoms with E-state index < -0.39 is 0 Å². The number of fused-ring (bicyclic) bond motifs is 1. The molecule has 2 aliphatic rings. The van der Waals surface area contributed by atoms with E-state index in [1.807, 2.05) is 25.1 Å². The fourth-order valence-corrected chi connectivity index (χ4v) is 4.46. The van der Waals surface area contributed by atoms with Crippen LogP contribution in [0.25, 0.3) is 10.9 Å². The van der Waals surface area contributed by atoms with Crippen molar-refractivity contribution in [2.45, 2.75) is 44.7 Å². The molecule has 29 heavy (non-hydrogen) atoms. The lowest BCUT2D eigenvalue weighted by Gasteiger charge is -2.33. The van der Waals surface area contributed by atoms with Crippen LogP contribution in [0.2, 0.25) is 5.28 Å². The first-order chi connectivity index (χ1) is 14.0. The molecule has 0 aliphatic carbocycles. The number of piperidine rings is 1. The summed E-state index contributed by atoms with van der Waals surface area (Å²) in [6.45, 7) is 4.79. The van der Waals surface area contributed by atoms with Crippen LogP contribution in [0.5, 0.6) is 0 Å². The summed E-state index contributed by atoms with van der Waals surface area (Å²) in [7, 11) is 0. The minimum Gasteiger partial charge on any atom is -0.367 e. The highest BCUT2D eigenvalue weighted by Gasteiger charge is 2.30. The third kappa shape index (κ3) is 4.29. The van der Waals surface area contributed by atoms with Gasteiger partial charge in [0.05, 0.1) is 18.1 Å². The molecule has 1 atom stereocenters. The predicted molar refractivity (Wildman–Crippen MR) is 113 cm³/mol. The summed E-state index contributed by atoms with van der Waals surface area (Å²) in [6, 6.07) is 8.29. The predicted octanol–water partition coefficient (Wildman–Crippen LogP) is 2.98. The lowest BCUT2D eigenvalue weighted by Crippen LogP contribution is -2.46. The largest absolute Gasteiger partial charge is 0.367 e. The van der Waals surface area contributed by atoms with E-state index in [0.29, 0.717) is 13.1 Å². The van der Waals surface area contributed by atoms with Crippen molar-refractivity contribution in [2.24, 2.45) is 0 Å². The number of hydrogen-bond donors (Lipinski definition) is 1. The summed E-state index contributed by atoms with van der Waals surface area (Å²) in [4.78, 5) is 25.3. The molecule has 3 heterocycles. The molecule has 1 unspecified atom stereocenters. The number of hydrogen-bond acceptors (Lipinski definition) is 6. The number of para-hydroxylation sites is 1. The molecule has 2 fully saturated rings. The number of halogens is 1. The van der Waals surface area contributed by atoms with E-state index in [-0.39, 0.29) is 23.3 Å². The summed E-state index contributed by atoms with van der Waals surface area (Å²) in [5, 5.41) is 13.9. The molecule has 0 saturated carbocycles. The van der Waals surface area contributed by atoms with Gasteiger partial charge in [-0.1, -0.05) is 12.1 Å². The van der Waals surface area contributed by atoms with Crippen LogP contribution < -0.4 is 5.32 Å². The zero-order valence-corrected chi connectivity index (χ0v) is 17.3. The molecule has 0 spiro atoms. The van der Waals surface area contributed by atoms with Gasteiger partial charge in [-0.15, -0.1) is 0 Å². The van der Waals surface area contributed by atoms with E-state index >= 15 is 0 Å². The first-order valence-electron chi connectivity index (χ1n) is 10.2. The summed E-state index contributed by atoms with van der Waals surface area (Å²) in [5.41, 5.74) is 1.94. The van der Waals surface area contributed by atoms with E-state index in [2.05, 4.69) is 26.3 Å². The Kier molecular flexibility index (Phi) is 5.84. The van der Waals surface area contributed by atoms with Gasteiger partial charge < -0.3 is 10.2 Å². The molecule has 1 aromatic heterocycles. The second-order valence-corrected chi connectivity index (χ2v) is 8.22. The molecule has 0 bridgehead atoms. The second kappa shape index (κ2) is 8.52. The van der Waals surface area contributed by atoms with Gasteiger partial charge in [0.1, 0.15) is 11.9 Å². The van der Waals surface area contributed by atoms with Crippen LogP contribution in [0.1, 0.15) is 31.2 Å². The fraction of sp³-hybridized carbons (Fsp3) is 0.524. The highest BCUT2D eigenvalue weighted by atomic mass is 35.5. The standard InChI is InChI=1S/C21H25ClN6O/c1-14-4-2-6-17-19(14)25-21(22)26-20(17)24-15-7-10-27(11-8-15)13-18(29)28-9-3-5-16(28)12-23/h2,4,6,15-16H,3,5,7-11,13H2,1H3,(H,24,25,26). The number of amides is 1. The van der Waals surface area contributed by atoms with E-state index in [0.717, 1.165) is 61.1 Å². The van der Waals surface area contributed by atoms with Crippen LogP contribution in [0.15, 0.2) is 18.2 Å². The number of rotatable bonds is 4. The SMILES string of the molecule is Cc1cccc2c(NC3CCN(CC(=O)N4CCCC4C#N)CC3)nc(Cl)nc12. The van der Waals surface area contributed by atoms with Crippen molar-refractivity contribution in [1.29, 1.82) is 5.26 Å². The molecule has 8 heteroatoms. The van der Waals surface area contributed by atoms with Gasteiger partial charge in [0.15, 0.2) is 0 Å². The van der Waals surface area contributed by atoms with Gasteiger partial charge in [-0.05, 0) is 55.8 Å². The summed E-state index contributed by atoms with van der Waals surface area (Å²) in [6.07, 6.45) is 3.56. The quantitative estimate of drug-likeness (QED) is 0.777. The third-order valence-electron chi connectivity index (χ3n) is 5.91. The Labute approximate surface area is 175 Å². The number of benzene rings is 1. The van der Waals surface area contributed by atoms with Crippen LogP contribution in [0.4, 0.5) is 5.82 Å². The van der Waals surface area contributed by atoms with Crippen molar-refractivity contribution >= 4 is 34.2 Å². The Morgan fingerprint density at radius 1 is 1.28 bits per heavy atom. The Hall–Kier alpha value is -2.43.